The lowest BCUT2D eigenvalue weighted by Gasteiger charge is -2.16. The maximum absolute atomic E-state index is 12.8. The zero-order chi connectivity index (χ0) is 20.5. The minimum absolute atomic E-state index is 0.268. The van der Waals surface area contributed by atoms with Crippen molar-refractivity contribution in [3.63, 3.8) is 0 Å². The number of H-pyrrole nitrogens is 1. The molecule has 0 aliphatic carbocycles. The summed E-state index contributed by atoms with van der Waals surface area (Å²) in [5, 5.41) is 4.02. The molecule has 1 atom stereocenters. The molecule has 0 aliphatic rings. The van der Waals surface area contributed by atoms with Crippen LogP contribution in [0.2, 0.25) is 0 Å². The molecule has 6 heteroatoms. The maximum Gasteiger partial charge on any atom is 0.327 e. The van der Waals surface area contributed by atoms with Gasteiger partial charge in [0.25, 0.3) is 0 Å². The van der Waals surface area contributed by atoms with E-state index in [4.69, 9.17) is 10.3 Å². The minimum atomic E-state index is -0.354. The zero-order valence-corrected chi connectivity index (χ0v) is 15.8. The second-order valence-corrected chi connectivity index (χ2v) is 6.57. The molecule has 2 aromatic carbocycles. The molecule has 0 saturated carbocycles. The summed E-state index contributed by atoms with van der Waals surface area (Å²) in [6, 6.07) is 13.0. The summed E-state index contributed by atoms with van der Waals surface area (Å²) in [5.74, 6) is 0.506. The Morgan fingerprint density at radius 2 is 1.90 bits per heavy atom. The summed E-state index contributed by atoms with van der Waals surface area (Å²) in [4.78, 5) is 15.7. The summed E-state index contributed by atoms with van der Waals surface area (Å²) in [6.45, 7) is 11.5. The normalized spacial score (nSPS) is 12.0. The van der Waals surface area contributed by atoms with Crippen molar-refractivity contribution in [3.05, 3.63) is 95.8 Å². The first-order valence-electron chi connectivity index (χ1n) is 9.05. The van der Waals surface area contributed by atoms with Gasteiger partial charge < -0.3 is 15.2 Å². The largest absolute Gasteiger partial charge is 0.397 e. The molecule has 0 saturated heterocycles. The van der Waals surface area contributed by atoms with Crippen molar-refractivity contribution < 1.29 is 4.52 Å². The Morgan fingerprint density at radius 1 is 1.14 bits per heavy atom. The molecule has 2 aromatic heterocycles. The van der Waals surface area contributed by atoms with Gasteiger partial charge in [0.05, 0.1) is 28.3 Å². The Morgan fingerprint density at radius 3 is 2.55 bits per heavy atom. The molecule has 3 N–H and O–H groups in total. The van der Waals surface area contributed by atoms with E-state index in [-0.39, 0.29) is 11.7 Å². The molecule has 0 radical (unpaired) electrons. The molecule has 0 bridgehead atoms. The predicted molar refractivity (Wildman–Crippen MR) is 117 cm³/mol. The van der Waals surface area contributed by atoms with Gasteiger partial charge in [-0.3, -0.25) is 4.57 Å². The Bertz CT molecular complexity index is 1270. The van der Waals surface area contributed by atoms with E-state index in [2.05, 4.69) is 29.9 Å². The number of aromatic nitrogens is 3. The second-order valence-electron chi connectivity index (χ2n) is 6.57. The number of aromatic amines is 1. The van der Waals surface area contributed by atoms with E-state index in [0.717, 1.165) is 16.7 Å². The third kappa shape index (κ3) is 2.91. The Kier molecular flexibility index (Phi) is 4.52. The number of nitrogens with two attached hydrogens (primary N) is 1. The van der Waals surface area contributed by atoms with Crippen LogP contribution in [-0.2, 0) is 0 Å². The Balaban J connectivity index is 2.02. The van der Waals surface area contributed by atoms with Gasteiger partial charge in [0.1, 0.15) is 5.69 Å². The number of nitrogens with one attached hydrogen (secondary N) is 1. The standard InChI is InChI=1S/C23H20N4O2/c1-4-17-21(20(6-3)29-26-17)15-12-16(24)22-19(13-15)27(23(28)25-22)18(5-2)14-10-8-7-9-11-14/h4-13,18H,1-3,24H2,(H,25,28). The fourth-order valence-electron chi connectivity index (χ4n) is 3.60. The van der Waals surface area contributed by atoms with Crippen LogP contribution in [0.25, 0.3) is 34.3 Å². The number of hydrogen-bond donors (Lipinski definition) is 2. The molecule has 2 heterocycles. The van der Waals surface area contributed by atoms with Crippen LogP contribution in [-0.4, -0.2) is 14.7 Å². The number of nitrogens with zero attached hydrogens (tertiary/aromatic N) is 2. The summed E-state index contributed by atoms with van der Waals surface area (Å²) in [6.07, 6.45) is 4.92. The highest BCUT2D eigenvalue weighted by atomic mass is 16.5. The Hall–Kier alpha value is -4.06. The van der Waals surface area contributed by atoms with E-state index in [0.29, 0.717) is 28.2 Å². The smallest absolute Gasteiger partial charge is 0.327 e. The highest BCUT2D eigenvalue weighted by molar-refractivity contribution is 5.94. The number of hydrogen-bond acceptors (Lipinski definition) is 4. The summed E-state index contributed by atoms with van der Waals surface area (Å²) >= 11 is 0. The van der Waals surface area contributed by atoms with Crippen LogP contribution in [0.15, 0.2) is 77.6 Å². The molecule has 4 aromatic rings. The molecule has 0 fully saturated rings. The number of benzene rings is 2. The zero-order valence-electron chi connectivity index (χ0n) is 15.8. The molecule has 0 spiro atoms. The highest BCUT2D eigenvalue weighted by Gasteiger charge is 2.21. The molecule has 6 nitrogen and oxygen atoms in total. The second kappa shape index (κ2) is 7.16. The van der Waals surface area contributed by atoms with E-state index >= 15 is 0 Å². The molecule has 0 aliphatic heterocycles. The lowest BCUT2D eigenvalue weighted by Crippen LogP contribution is -2.21. The van der Waals surface area contributed by atoms with Crippen molar-refractivity contribution in [3.8, 4) is 11.1 Å². The van der Waals surface area contributed by atoms with Crippen LogP contribution in [0.4, 0.5) is 5.69 Å². The van der Waals surface area contributed by atoms with Crippen molar-refractivity contribution in [1.29, 1.82) is 0 Å². The van der Waals surface area contributed by atoms with Gasteiger partial charge >= 0.3 is 5.69 Å². The number of imidazole rings is 1. The van der Waals surface area contributed by atoms with Gasteiger partial charge in [-0.1, -0.05) is 54.7 Å². The van der Waals surface area contributed by atoms with Crippen LogP contribution in [0.1, 0.15) is 23.1 Å². The van der Waals surface area contributed by atoms with Gasteiger partial charge in [0.2, 0.25) is 0 Å². The third-order valence-electron chi connectivity index (χ3n) is 4.91. The first-order valence-corrected chi connectivity index (χ1v) is 9.05. The monoisotopic (exact) mass is 384 g/mol. The number of anilines is 1. The van der Waals surface area contributed by atoms with E-state index in [1.807, 2.05) is 36.4 Å². The fourth-order valence-corrected chi connectivity index (χ4v) is 3.60. The quantitative estimate of drug-likeness (QED) is 0.375. The number of allylic oxidation sites excluding steroid dienone is 1. The van der Waals surface area contributed by atoms with E-state index in [9.17, 15) is 4.79 Å². The van der Waals surface area contributed by atoms with Crippen LogP contribution >= 0.6 is 0 Å². The van der Waals surface area contributed by atoms with E-state index in [1.54, 1.807) is 28.9 Å². The Labute approximate surface area is 167 Å². The third-order valence-corrected chi connectivity index (χ3v) is 4.91. The van der Waals surface area contributed by atoms with Crippen LogP contribution in [0.5, 0.6) is 0 Å². The fraction of sp³-hybridized carbons (Fsp3) is 0.0435. The number of rotatable bonds is 6. The van der Waals surface area contributed by atoms with E-state index in [1.165, 1.54) is 0 Å². The molecule has 0 amide bonds. The van der Waals surface area contributed by atoms with Crippen molar-refractivity contribution in [2.75, 3.05) is 5.73 Å². The topological polar surface area (TPSA) is 89.8 Å². The summed E-state index contributed by atoms with van der Waals surface area (Å²) in [7, 11) is 0. The van der Waals surface area contributed by atoms with Crippen molar-refractivity contribution in [2.45, 2.75) is 6.04 Å². The van der Waals surface area contributed by atoms with Gasteiger partial charge in [0.15, 0.2) is 5.76 Å². The lowest BCUT2D eigenvalue weighted by molar-refractivity contribution is 0.412. The molecular formula is C23H20N4O2. The van der Waals surface area contributed by atoms with Crippen molar-refractivity contribution >= 4 is 28.9 Å². The lowest BCUT2D eigenvalue weighted by atomic mass is 10.0. The highest BCUT2D eigenvalue weighted by Crippen LogP contribution is 2.35. The average molecular weight is 384 g/mol. The molecule has 4 rings (SSSR count). The van der Waals surface area contributed by atoms with Gasteiger partial charge in [0, 0.05) is 0 Å². The first kappa shape index (κ1) is 18.3. The van der Waals surface area contributed by atoms with Gasteiger partial charge in [-0.25, -0.2) is 4.79 Å². The molecule has 144 valence electrons. The summed E-state index contributed by atoms with van der Waals surface area (Å²) in [5.41, 5.74) is 10.7. The van der Waals surface area contributed by atoms with Crippen molar-refractivity contribution in [1.82, 2.24) is 14.7 Å². The molecule has 29 heavy (non-hydrogen) atoms. The molecular weight excluding hydrogens is 364 g/mol. The van der Waals surface area contributed by atoms with Crippen LogP contribution < -0.4 is 11.4 Å². The molecule has 1 unspecified atom stereocenters. The first-order chi connectivity index (χ1) is 14.1. The number of fused-ring (bicyclic) bond motifs is 1. The van der Waals surface area contributed by atoms with E-state index < -0.39 is 0 Å². The summed E-state index contributed by atoms with van der Waals surface area (Å²) < 4.78 is 6.99. The minimum Gasteiger partial charge on any atom is -0.397 e. The predicted octanol–water partition coefficient (Wildman–Crippen LogP) is 4.63. The SMILES string of the molecule is C=Cc1noc(C=C)c1-c1cc(N)c2[nH]c(=O)n(C(C=C)c3ccccc3)c2c1. The van der Waals surface area contributed by atoms with Crippen molar-refractivity contribution in [2.24, 2.45) is 0 Å². The number of nitrogen functional groups attached to an aromatic ring is 1. The van der Waals surface area contributed by atoms with Crippen LogP contribution in [0.3, 0.4) is 0 Å². The van der Waals surface area contributed by atoms with Gasteiger partial charge in [-0.05, 0) is 35.4 Å². The maximum atomic E-state index is 12.8. The van der Waals surface area contributed by atoms with Crippen LogP contribution in [0, 0.1) is 0 Å². The average Bonchev–Trinajstić information content (AvgIpc) is 3.31. The van der Waals surface area contributed by atoms with Gasteiger partial charge in [-0.2, -0.15) is 0 Å². The van der Waals surface area contributed by atoms with Gasteiger partial charge in [-0.15, -0.1) is 6.58 Å².